The Morgan fingerprint density at radius 2 is 2.05 bits per heavy atom. The van der Waals surface area contributed by atoms with Crippen LogP contribution in [0.15, 0.2) is 30.6 Å². The second-order valence-electron chi connectivity index (χ2n) is 5.60. The second kappa shape index (κ2) is 5.63. The Kier molecular flexibility index (Phi) is 3.69. The molecule has 1 aromatic carbocycles. The topological polar surface area (TPSA) is 68.8 Å². The van der Waals surface area contributed by atoms with E-state index in [1.807, 2.05) is 11.6 Å². The molecule has 0 unspecified atom stereocenters. The van der Waals surface area contributed by atoms with Gasteiger partial charge in [-0.2, -0.15) is 0 Å². The average Bonchev–Trinajstić information content (AvgIpc) is 2.88. The summed E-state index contributed by atoms with van der Waals surface area (Å²) in [6, 6.07) is 9.28. The number of rotatable bonds is 3. The van der Waals surface area contributed by atoms with Crippen LogP contribution >= 0.6 is 0 Å². The van der Waals surface area contributed by atoms with Gasteiger partial charge in [0.1, 0.15) is 6.33 Å². The molecule has 0 bridgehead atoms. The zero-order chi connectivity index (χ0) is 13.9. The van der Waals surface area contributed by atoms with Crippen LogP contribution in [0.2, 0.25) is 0 Å². The van der Waals surface area contributed by atoms with Crippen LogP contribution in [0.5, 0.6) is 0 Å². The average molecular weight is 271 g/mol. The van der Waals surface area contributed by atoms with Gasteiger partial charge in [-0.25, -0.2) is 0 Å². The number of hydrogen-bond donors (Lipinski definition) is 2. The third-order valence-corrected chi connectivity index (χ3v) is 3.97. The number of nitrogens with two attached hydrogens (primary N) is 1. The lowest BCUT2D eigenvalue weighted by Gasteiger charge is -2.27. The van der Waals surface area contributed by atoms with Gasteiger partial charge in [-0.05, 0) is 37.8 Å². The molecule has 5 nitrogen and oxygen atoms in total. The summed E-state index contributed by atoms with van der Waals surface area (Å²) in [7, 11) is 1.96. The largest absolute Gasteiger partial charge is 0.382 e. The zero-order valence-electron chi connectivity index (χ0n) is 11.8. The fourth-order valence-corrected chi connectivity index (χ4v) is 2.79. The van der Waals surface area contributed by atoms with E-state index in [1.54, 1.807) is 6.33 Å². The van der Waals surface area contributed by atoms with Gasteiger partial charge in [0.25, 0.3) is 0 Å². The Balaban J connectivity index is 1.73. The molecule has 0 atom stereocenters. The summed E-state index contributed by atoms with van der Waals surface area (Å²) in [4.78, 5) is 0. The van der Waals surface area contributed by atoms with Crippen molar-refractivity contribution in [2.24, 2.45) is 12.8 Å². The van der Waals surface area contributed by atoms with Crippen LogP contribution < -0.4 is 11.1 Å². The van der Waals surface area contributed by atoms with Gasteiger partial charge < -0.3 is 15.6 Å². The van der Waals surface area contributed by atoms with E-state index in [9.17, 15) is 0 Å². The zero-order valence-corrected chi connectivity index (χ0v) is 11.8. The molecule has 0 saturated heterocycles. The third kappa shape index (κ3) is 2.82. The highest BCUT2D eigenvalue weighted by atomic mass is 15.2. The predicted octanol–water partition coefficient (Wildman–Crippen LogP) is 2.16. The number of aryl methyl sites for hydroxylation is 1. The summed E-state index contributed by atoms with van der Waals surface area (Å²) < 4.78 is 1.93. The van der Waals surface area contributed by atoms with E-state index in [1.165, 1.54) is 0 Å². The summed E-state index contributed by atoms with van der Waals surface area (Å²) in [6.07, 6.45) is 6.24. The van der Waals surface area contributed by atoms with Gasteiger partial charge in [0.05, 0.1) is 0 Å². The highest BCUT2D eigenvalue weighted by Crippen LogP contribution is 2.24. The molecule has 106 valence electrons. The van der Waals surface area contributed by atoms with Gasteiger partial charge in [-0.1, -0.05) is 12.1 Å². The Hall–Kier alpha value is -1.88. The molecule has 1 aliphatic carbocycles. The monoisotopic (exact) mass is 271 g/mol. The van der Waals surface area contributed by atoms with Crippen LogP contribution in [0.4, 0.5) is 5.69 Å². The van der Waals surface area contributed by atoms with E-state index in [4.69, 9.17) is 5.73 Å². The molecule has 3 rings (SSSR count). The van der Waals surface area contributed by atoms with Crippen molar-refractivity contribution in [3.63, 3.8) is 0 Å². The number of nitrogens with zero attached hydrogens (tertiary/aromatic N) is 3. The maximum atomic E-state index is 5.95. The molecular weight excluding hydrogens is 250 g/mol. The summed E-state index contributed by atoms with van der Waals surface area (Å²) in [6.45, 7) is 0. The van der Waals surface area contributed by atoms with Crippen LogP contribution in [0.1, 0.15) is 25.7 Å². The molecule has 3 N–H and O–H groups in total. The van der Waals surface area contributed by atoms with E-state index in [0.29, 0.717) is 12.1 Å². The lowest BCUT2D eigenvalue weighted by molar-refractivity contribution is 0.411. The molecule has 2 aromatic rings. The standard InChI is InChI=1S/C15H21N5/c1-20-10-17-19-15(20)11-3-2-4-14(9-11)18-13-7-5-12(16)6-8-13/h2-4,9-10,12-13,18H,5-8,16H2,1H3. The van der Waals surface area contributed by atoms with E-state index < -0.39 is 0 Å². The number of anilines is 1. The number of aromatic nitrogens is 3. The lowest BCUT2D eigenvalue weighted by atomic mass is 9.91. The third-order valence-electron chi connectivity index (χ3n) is 3.97. The maximum Gasteiger partial charge on any atom is 0.163 e. The molecule has 1 heterocycles. The molecule has 1 aromatic heterocycles. The van der Waals surface area contributed by atoms with Crippen molar-refractivity contribution in [1.82, 2.24) is 14.8 Å². The van der Waals surface area contributed by atoms with Crippen molar-refractivity contribution in [2.75, 3.05) is 5.32 Å². The molecule has 1 fully saturated rings. The Morgan fingerprint density at radius 3 is 2.75 bits per heavy atom. The highest BCUT2D eigenvalue weighted by molar-refractivity contribution is 5.62. The summed E-state index contributed by atoms with van der Waals surface area (Å²) in [5.74, 6) is 0.888. The summed E-state index contributed by atoms with van der Waals surface area (Å²) >= 11 is 0. The fraction of sp³-hybridized carbons (Fsp3) is 0.467. The minimum absolute atomic E-state index is 0.387. The highest BCUT2D eigenvalue weighted by Gasteiger charge is 2.18. The summed E-state index contributed by atoms with van der Waals surface area (Å²) in [5.41, 5.74) is 8.18. The molecule has 1 saturated carbocycles. The van der Waals surface area contributed by atoms with E-state index >= 15 is 0 Å². The van der Waals surface area contributed by atoms with Crippen molar-refractivity contribution in [2.45, 2.75) is 37.8 Å². The first-order valence-electron chi connectivity index (χ1n) is 7.19. The Bertz CT molecular complexity index is 569. The number of benzene rings is 1. The van der Waals surface area contributed by atoms with Gasteiger partial charge in [-0.15, -0.1) is 10.2 Å². The quantitative estimate of drug-likeness (QED) is 0.897. The molecule has 0 spiro atoms. The first-order valence-corrected chi connectivity index (χ1v) is 7.19. The molecule has 5 heteroatoms. The van der Waals surface area contributed by atoms with Crippen LogP contribution in [-0.2, 0) is 7.05 Å². The minimum Gasteiger partial charge on any atom is -0.382 e. The maximum absolute atomic E-state index is 5.95. The van der Waals surface area contributed by atoms with Gasteiger partial charge >= 0.3 is 0 Å². The van der Waals surface area contributed by atoms with Crippen molar-refractivity contribution >= 4 is 5.69 Å². The molecule has 1 aliphatic rings. The fourth-order valence-electron chi connectivity index (χ4n) is 2.79. The van der Waals surface area contributed by atoms with Crippen molar-refractivity contribution in [1.29, 1.82) is 0 Å². The predicted molar refractivity (Wildman–Crippen MR) is 80.3 cm³/mol. The van der Waals surface area contributed by atoms with Crippen LogP contribution in [0, 0.1) is 0 Å². The smallest absolute Gasteiger partial charge is 0.163 e. The van der Waals surface area contributed by atoms with Gasteiger partial charge in [0.2, 0.25) is 0 Å². The van der Waals surface area contributed by atoms with Crippen molar-refractivity contribution in [3.05, 3.63) is 30.6 Å². The van der Waals surface area contributed by atoms with Crippen molar-refractivity contribution in [3.8, 4) is 11.4 Å². The van der Waals surface area contributed by atoms with E-state index in [-0.39, 0.29) is 0 Å². The van der Waals surface area contributed by atoms with Gasteiger partial charge in [-0.3, -0.25) is 0 Å². The van der Waals surface area contributed by atoms with Crippen molar-refractivity contribution < 1.29 is 0 Å². The molecule has 0 aliphatic heterocycles. The van der Waals surface area contributed by atoms with Crippen LogP contribution in [-0.4, -0.2) is 26.8 Å². The first-order chi connectivity index (χ1) is 9.72. The first kappa shape index (κ1) is 13.1. The normalized spacial score (nSPS) is 22.7. The van der Waals surface area contributed by atoms with Gasteiger partial charge in [0.15, 0.2) is 5.82 Å². The SMILES string of the molecule is Cn1cnnc1-c1cccc(NC2CCC(N)CC2)c1. The molecular formula is C15H21N5. The van der Waals surface area contributed by atoms with Crippen LogP contribution in [0.3, 0.4) is 0 Å². The number of hydrogen-bond acceptors (Lipinski definition) is 4. The minimum atomic E-state index is 0.387. The Labute approximate surface area is 119 Å². The van der Waals surface area contributed by atoms with E-state index in [0.717, 1.165) is 42.8 Å². The molecule has 0 amide bonds. The molecule has 20 heavy (non-hydrogen) atoms. The summed E-state index contributed by atoms with van der Waals surface area (Å²) in [5, 5.41) is 11.7. The number of nitrogens with one attached hydrogen (secondary N) is 1. The second-order valence-corrected chi connectivity index (χ2v) is 5.60. The Morgan fingerprint density at radius 1 is 1.25 bits per heavy atom. The van der Waals surface area contributed by atoms with E-state index in [2.05, 4.69) is 39.8 Å². The van der Waals surface area contributed by atoms with Gasteiger partial charge in [0, 0.05) is 30.4 Å². The lowest BCUT2D eigenvalue weighted by Crippen LogP contribution is -2.32. The van der Waals surface area contributed by atoms with Crippen LogP contribution in [0.25, 0.3) is 11.4 Å². The molecule has 0 radical (unpaired) electrons.